The topological polar surface area (TPSA) is 3.24 Å². The first-order chi connectivity index (χ1) is 14.6. The second-order valence-electron chi connectivity index (χ2n) is 11.1. The van der Waals surface area contributed by atoms with Crippen molar-refractivity contribution in [3.05, 3.63) is 12.2 Å². The van der Waals surface area contributed by atoms with Crippen molar-refractivity contribution in [1.29, 1.82) is 0 Å². The highest BCUT2D eigenvalue weighted by Crippen LogP contribution is 2.41. The van der Waals surface area contributed by atoms with Gasteiger partial charge in [0.1, 0.15) is 0 Å². The monoisotopic (exact) mass is 469 g/mol. The highest BCUT2D eigenvalue weighted by atomic mass is 32.2. The molecule has 0 spiro atoms. The molecule has 6 atom stereocenters. The minimum atomic E-state index is 0.783. The molecule has 1 rings (SSSR count). The third kappa shape index (κ3) is 11.9. The molecule has 184 valence electrons. The van der Waals surface area contributed by atoms with E-state index in [-0.39, 0.29) is 0 Å². The third-order valence-electron chi connectivity index (χ3n) is 7.56. The highest BCUT2D eigenvalue weighted by molar-refractivity contribution is 8.00. The largest absolute Gasteiger partial charge is 0.309 e. The molecule has 0 bridgehead atoms. The van der Waals surface area contributed by atoms with Crippen molar-refractivity contribution >= 4 is 23.5 Å². The van der Waals surface area contributed by atoms with E-state index in [1.165, 1.54) is 75.0 Å². The van der Waals surface area contributed by atoms with E-state index in [4.69, 9.17) is 0 Å². The molecule has 0 aromatic heterocycles. The Balaban J connectivity index is 2.54. The zero-order chi connectivity index (χ0) is 23.4. The van der Waals surface area contributed by atoms with Crippen LogP contribution in [0.1, 0.15) is 92.9 Å². The number of hydrogen-bond acceptors (Lipinski definition) is 3. The van der Waals surface area contributed by atoms with Crippen molar-refractivity contribution in [2.75, 3.05) is 32.1 Å². The fraction of sp³-hybridized carbons (Fsp3) is 0.929. The van der Waals surface area contributed by atoms with Gasteiger partial charge in [0.05, 0.1) is 0 Å². The van der Waals surface area contributed by atoms with Crippen molar-refractivity contribution in [1.82, 2.24) is 4.90 Å². The molecule has 1 aliphatic carbocycles. The van der Waals surface area contributed by atoms with Crippen LogP contribution in [0.4, 0.5) is 0 Å². The van der Waals surface area contributed by atoms with Crippen LogP contribution in [0.5, 0.6) is 0 Å². The SMILES string of the molecule is C=C(C)C1CCC(CCC(SCCC)C(C)CCC(SCCN(C)C)C(C)C)C(C)C1. The lowest BCUT2D eigenvalue weighted by molar-refractivity contribution is 0.197. The van der Waals surface area contributed by atoms with Crippen molar-refractivity contribution in [2.45, 2.75) is 103 Å². The van der Waals surface area contributed by atoms with Crippen molar-refractivity contribution in [3.8, 4) is 0 Å². The van der Waals surface area contributed by atoms with Gasteiger partial charge in [-0.25, -0.2) is 0 Å². The maximum atomic E-state index is 4.24. The van der Waals surface area contributed by atoms with Crippen molar-refractivity contribution in [3.63, 3.8) is 0 Å². The van der Waals surface area contributed by atoms with E-state index in [0.717, 1.165) is 40.1 Å². The summed E-state index contributed by atoms with van der Waals surface area (Å²) in [4.78, 5) is 2.31. The molecule has 0 N–H and O–H groups in total. The molecule has 31 heavy (non-hydrogen) atoms. The molecule has 0 aromatic rings. The summed E-state index contributed by atoms with van der Waals surface area (Å²) in [5.74, 6) is 6.83. The molecule has 0 heterocycles. The average molecular weight is 470 g/mol. The van der Waals surface area contributed by atoms with E-state index in [9.17, 15) is 0 Å². The third-order valence-corrected chi connectivity index (χ3v) is 11.0. The standard InChI is InChI=1S/C28H55NS2/c1-10-18-30-28(16-14-25-12-13-26(21(2)3)20-24(25)7)23(6)11-15-27(22(4)5)31-19-17-29(8)9/h22-28H,2,10-20H2,1,3-9H3. The van der Waals surface area contributed by atoms with E-state index < -0.39 is 0 Å². The fourth-order valence-corrected chi connectivity index (χ4v) is 7.89. The maximum Gasteiger partial charge on any atom is 0.00727 e. The van der Waals surface area contributed by atoms with Crippen LogP contribution in [0.25, 0.3) is 0 Å². The number of allylic oxidation sites excluding steroid dienone is 1. The van der Waals surface area contributed by atoms with Crippen LogP contribution in [-0.2, 0) is 0 Å². The zero-order valence-corrected chi connectivity index (χ0v) is 23.9. The number of hydrogen-bond donors (Lipinski definition) is 0. The Morgan fingerprint density at radius 1 is 1.00 bits per heavy atom. The Labute approximate surface area is 205 Å². The molecular formula is C28H55NS2. The first-order valence-electron chi connectivity index (χ1n) is 13.2. The second-order valence-corrected chi connectivity index (χ2v) is 13.8. The van der Waals surface area contributed by atoms with Gasteiger partial charge in [-0.05, 0) is 108 Å². The zero-order valence-electron chi connectivity index (χ0n) is 22.3. The van der Waals surface area contributed by atoms with Crippen LogP contribution < -0.4 is 0 Å². The maximum absolute atomic E-state index is 4.24. The van der Waals surface area contributed by atoms with E-state index in [1.54, 1.807) is 0 Å². The normalized spacial score (nSPS) is 25.0. The lowest BCUT2D eigenvalue weighted by Gasteiger charge is -2.36. The summed E-state index contributed by atoms with van der Waals surface area (Å²) in [6.07, 6.45) is 11.2. The molecule has 0 saturated heterocycles. The minimum Gasteiger partial charge on any atom is -0.309 e. The van der Waals surface area contributed by atoms with E-state index in [2.05, 4.69) is 90.6 Å². The molecule has 0 radical (unpaired) electrons. The Bertz CT molecular complexity index is 476. The van der Waals surface area contributed by atoms with Crippen molar-refractivity contribution in [2.24, 2.45) is 29.6 Å². The van der Waals surface area contributed by atoms with Gasteiger partial charge in [-0.3, -0.25) is 0 Å². The lowest BCUT2D eigenvalue weighted by Crippen LogP contribution is -2.26. The predicted molar refractivity (Wildman–Crippen MR) is 149 cm³/mol. The Hall–Kier alpha value is 0.400. The molecular weight excluding hydrogens is 414 g/mol. The van der Waals surface area contributed by atoms with Crippen LogP contribution >= 0.6 is 23.5 Å². The first-order valence-corrected chi connectivity index (χ1v) is 15.3. The summed E-state index contributed by atoms with van der Waals surface area (Å²) < 4.78 is 0. The second kappa shape index (κ2) is 16.1. The molecule has 0 amide bonds. The molecule has 1 nitrogen and oxygen atoms in total. The van der Waals surface area contributed by atoms with Gasteiger partial charge in [0.25, 0.3) is 0 Å². The van der Waals surface area contributed by atoms with Gasteiger partial charge in [-0.15, -0.1) is 0 Å². The number of nitrogens with zero attached hydrogens (tertiary/aromatic N) is 1. The van der Waals surface area contributed by atoms with Gasteiger partial charge in [0.2, 0.25) is 0 Å². The van der Waals surface area contributed by atoms with E-state index in [0.29, 0.717) is 0 Å². The van der Waals surface area contributed by atoms with Crippen LogP contribution in [-0.4, -0.2) is 47.5 Å². The van der Waals surface area contributed by atoms with Gasteiger partial charge in [-0.2, -0.15) is 23.5 Å². The van der Waals surface area contributed by atoms with Gasteiger partial charge < -0.3 is 4.90 Å². The molecule has 1 saturated carbocycles. The summed E-state index contributed by atoms with van der Waals surface area (Å²) in [7, 11) is 4.38. The van der Waals surface area contributed by atoms with Crippen LogP contribution in [0.3, 0.4) is 0 Å². The smallest absolute Gasteiger partial charge is 0.00727 e. The summed E-state index contributed by atoms with van der Waals surface area (Å²) in [5, 5.41) is 1.67. The van der Waals surface area contributed by atoms with Crippen LogP contribution in [0.15, 0.2) is 12.2 Å². The van der Waals surface area contributed by atoms with Crippen LogP contribution in [0, 0.1) is 29.6 Å². The molecule has 6 unspecified atom stereocenters. The molecule has 1 aliphatic rings. The Morgan fingerprint density at radius 3 is 2.23 bits per heavy atom. The molecule has 3 heteroatoms. The lowest BCUT2D eigenvalue weighted by atomic mass is 9.71. The molecule has 0 aromatic carbocycles. The van der Waals surface area contributed by atoms with Gasteiger partial charge in [-0.1, -0.05) is 46.8 Å². The van der Waals surface area contributed by atoms with Crippen LogP contribution in [0.2, 0.25) is 0 Å². The Morgan fingerprint density at radius 2 is 1.68 bits per heavy atom. The van der Waals surface area contributed by atoms with E-state index in [1.807, 2.05) is 0 Å². The fourth-order valence-electron chi connectivity index (χ4n) is 5.12. The average Bonchev–Trinajstić information content (AvgIpc) is 2.70. The van der Waals surface area contributed by atoms with E-state index >= 15 is 0 Å². The predicted octanol–water partition coefficient (Wildman–Crippen LogP) is 8.64. The number of thioether (sulfide) groups is 2. The summed E-state index contributed by atoms with van der Waals surface area (Å²) in [5.41, 5.74) is 1.42. The summed E-state index contributed by atoms with van der Waals surface area (Å²) in [6.45, 7) is 19.9. The first kappa shape index (κ1) is 29.4. The van der Waals surface area contributed by atoms with Gasteiger partial charge in [0, 0.05) is 22.8 Å². The molecule has 1 fully saturated rings. The molecule has 0 aliphatic heterocycles. The summed E-state index contributed by atoms with van der Waals surface area (Å²) in [6, 6.07) is 0. The summed E-state index contributed by atoms with van der Waals surface area (Å²) >= 11 is 4.49. The number of rotatable bonds is 16. The quantitative estimate of drug-likeness (QED) is 0.208. The minimum absolute atomic E-state index is 0.783. The van der Waals surface area contributed by atoms with Gasteiger partial charge >= 0.3 is 0 Å². The highest BCUT2D eigenvalue weighted by Gasteiger charge is 2.29. The van der Waals surface area contributed by atoms with Crippen molar-refractivity contribution < 1.29 is 0 Å². The van der Waals surface area contributed by atoms with Gasteiger partial charge in [0.15, 0.2) is 0 Å². The Kier molecular flexibility index (Phi) is 15.3.